The van der Waals surface area contributed by atoms with Gasteiger partial charge in [-0.05, 0) is 0 Å². The average molecular weight is 416 g/mol. The minimum absolute atomic E-state index is 0.462. The molecule has 0 aliphatic rings. The van der Waals surface area contributed by atoms with E-state index in [0.717, 1.165) is 28.7 Å². The molecule has 4 nitrogen and oxygen atoms in total. The molecule has 0 bridgehead atoms. The Hall–Kier alpha value is 1.46. The number of hydrogen-bond acceptors (Lipinski definition) is 4. The van der Waals surface area contributed by atoms with Crippen LogP contribution in [0, 0.1) is 0 Å². The summed E-state index contributed by atoms with van der Waals surface area (Å²) in [6, 6.07) is 0. The van der Waals surface area contributed by atoms with Crippen molar-refractivity contribution >= 4 is 30.4 Å². The molecular weight excluding hydrogens is 395 g/mol. The monoisotopic (exact) mass is 414 g/mol. The summed E-state index contributed by atoms with van der Waals surface area (Å²) in [5.41, 5.74) is 0. The Balaban J connectivity index is 3.97. The maximum atomic E-state index is 12.1. The van der Waals surface area contributed by atoms with Crippen molar-refractivity contribution in [3.05, 3.63) is 0 Å². The van der Waals surface area contributed by atoms with Gasteiger partial charge in [0, 0.05) is 0 Å². The van der Waals surface area contributed by atoms with Crippen molar-refractivity contribution in [1.82, 2.24) is 0 Å². The Morgan fingerprint density at radius 1 is 1.12 bits per heavy atom. The van der Waals surface area contributed by atoms with Gasteiger partial charge in [0.15, 0.2) is 0 Å². The number of alkyl halides is 1. The van der Waals surface area contributed by atoms with Crippen molar-refractivity contribution in [3.8, 4) is 0 Å². The van der Waals surface area contributed by atoms with E-state index in [0.29, 0.717) is 13.2 Å². The molecule has 0 radical (unpaired) electrons. The summed E-state index contributed by atoms with van der Waals surface area (Å²) in [7, 11) is -3.22. The number of hydrogen-bond donors (Lipinski definition) is 0. The second kappa shape index (κ2) is 11.5. The molecular formula is C9H20IO4PZn. The first-order chi connectivity index (χ1) is 7.68. The van der Waals surface area contributed by atoms with Crippen LogP contribution >= 0.6 is 30.4 Å². The molecule has 0 aromatic rings. The number of phosphoric ester groups is 1. The van der Waals surface area contributed by atoms with Gasteiger partial charge in [-0.1, -0.05) is 0 Å². The van der Waals surface area contributed by atoms with E-state index in [1.807, 2.05) is 0 Å². The quantitative estimate of drug-likeness (QED) is 0.167. The number of rotatable bonds is 11. The number of unbranched alkanes of at least 4 members (excludes halogenated alkanes) is 2. The zero-order valence-corrected chi connectivity index (χ0v) is 16.1. The third-order valence-electron chi connectivity index (χ3n) is 1.82. The number of halogens is 1. The first-order valence-electron chi connectivity index (χ1n) is 5.78. The van der Waals surface area contributed by atoms with Crippen molar-refractivity contribution in [1.29, 1.82) is 0 Å². The normalized spacial score (nSPS) is 11.4. The summed E-state index contributed by atoms with van der Waals surface area (Å²) in [4.78, 5) is 0. The van der Waals surface area contributed by atoms with Crippen LogP contribution in [0.25, 0.3) is 0 Å². The van der Waals surface area contributed by atoms with Gasteiger partial charge >= 0.3 is 121 Å². The fourth-order valence-electron chi connectivity index (χ4n) is 0.899. The second-order valence-electron chi connectivity index (χ2n) is 3.34. The van der Waals surface area contributed by atoms with Crippen LogP contribution in [-0.4, -0.2) is 16.2 Å². The molecule has 0 aromatic carbocycles. The molecule has 94 valence electrons. The Kier molecular flexibility index (Phi) is 12.6. The summed E-state index contributed by atoms with van der Waals surface area (Å²) in [6.07, 6.45) is 3.81. The van der Waals surface area contributed by atoms with Crippen molar-refractivity contribution in [3.63, 3.8) is 0 Å². The molecule has 0 rings (SSSR count). The zero-order chi connectivity index (χ0) is 12.3. The van der Waals surface area contributed by atoms with Gasteiger partial charge in [-0.25, -0.2) is 0 Å². The van der Waals surface area contributed by atoms with Crippen LogP contribution in [0.15, 0.2) is 0 Å². The Morgan fingerprint density at radius 3 is 2.00 bits per heavy atom. The van der Waals surface area contributed by atoms with Gasteiger partial charge < -0.3 is 0 Å². The van der Waals surface area contributed by atoms with Crippen molar-refractivity contribution < 1.29 is 34.4 Å². The standard InChI is InChI=1S/C8H19O4P.CH2I.Zn/c1-3-5-7-11-13(9,10)12-8-6-4-2;1-2;/h3-8H2,1-2H3,(H,9,10);1H2;/q;;+1/p-1. The number of phosphoric acid groups is 1. The molecule has 0 atom stereocenters. The van der Waals surface area contributed by atoms with Crippen molar-refractivity contribution in [2.45, 2.75) is 39.5 Å². The molecule has 0 saturated carbocycles. The first kappa shape index (κ1) is 17.5. The third-order valence-corrected chi connectivity index (χ3v) is 9.07. The van der Waals surface area contributed by atoms with Crippen LogP contribution in [0.5, 0.6) is 0 Å². The Bertz CT molecular complexity index is 192. The van der Waals surface area contributed by atoms with E-state index in [-0.39, 0.29) is 0 Å². The van der Waals surface area contributed by atoms with Crippen LogP contribution in [0.4, 0.5) is 0 Å². The van der Waals surface area contributed by atoms with Crippen LogP contribution < -0.4 is 0 Å². The van der Waals surface area contributed by atoms with Crippen LogP contribution in [0.1, 0.15) is 39.5 Å². The van der Waals surface area contributed by atoms with Crippen LogP contribution in [-0.2, 0) is 34.4 Å². The predicted molar refractivity (Wildman–Crippen MR) is 69.3 cm³/mol. The molecule has 0 fully saturated rings. The predicted octanol–water partition coefficient (Wildman–Crippen LogP) is 4.13. The topological polar surface area (TPSA) is 44.8 Å². The Morgan fingerprint density at radius 2 is 1.62 bits per heavy atom. The van der Waals surface area contributed by atoms with Gasteiger partial charge in [0.05, 0.1) is 0 Å². The summed E-state index contributed by atoms with van der Waals surface area (Å²) in [5.74, 6) is 0. The average Bonchev–Trinajstić information content (AvgIpc) is 2.27. The van der Waals surface area contributed by atoms with Crippen molar-refractivity contribution in [2.24, 2.45) is 0 Å². The molecule has 0 N–H and O–H groups in total. The summed E-state index contributed by atoms with van der Waals surface area (Å²) in [6.45, 7) is 5.05. The van der Waals surface area contributed by atoms with Gasteiger partial charge in [-0.3, -0.25) is 0 Å². The van der Waals surface area contributed by atoms with E-state index < -0.39 is 25.3 Å². The Labute approximate surface area is 120 Å². The summed E-state index contributed by atoms with van der Waals surface area (Å²) in [5, 5.41) is 0. The molecule has 0 aromatic heterocycles. The SMILES string of the molecule is CCCCOP(=O)(OCCCC)[O][Zn][CH2]I. The first-order valence-corrected chi connectivity index (χ1v) is 12.1. The fraction of sp³-hybridized carbons (Fsp3) is 1.00. The molecule has 0 aliphatic carbocycles. The summed E-state index contributed by atoms with van der Waals surface area (Å²) < 4.78 is 29.0. The fourth-order valence-corrected chi connectivity index (χ4v) is 7.97. The van der Waals surface area contributed by atoms with Gasteiger partial charge in [-0.2, -0.15) is 0 Å². The van der Waals surface area contributed by atoms with Crippen LogP contribution in [0.2, 0.25) is 0 Å². The van der Waals surface area contributed by atoms with Gasteiger partial charge in [-0.15, -0.1) is 0 Å². The molecule has 0 amide bonds. The van der Waals surface area contributed by atoms with E-state index in [9.17, 15) is 4.57 Å². The molecule has 0 spiro atoms. The van der Waals surface area contributed by atoms with Crippen molar-refractivity contribution in [2.75, 3.05) is 16.2 Å². The molecule has 0 heterocycles. The maximum absolute atomic E-state index is 12.1. The van der Waals surface area contributed by atoms with Gasteiger partial charge in [0.25, 0.3) is 0 Å². The molecule has 0 aliphatic heterocycles. The second-order valence-corrected chi connectivity index (χ2v) is 13.9. The zero-order valence-electron chi connectivity index (χ0n) is 10.1. The van der Waals surface area contributed by atoms with E-state index in [1.165, 1.54) is 0 Å². The molecule has 0 unspecified atom stereocenters. The summed E-state index contributed by atoms with van der Waals surface area (Å²) >= 11 is 1.05. The minimum atomic E-state index is -3.22. The van der Waals surface area contributed by atoms with Gasteiger partial charge in [0.2, 0.25) is 0 Å². The van der Waals surface area contributed by atoms with E-state index in [1.54, 1.807) is 0 Å². The van der Waals surface area contributed by atoms with E-state index in [2.05, 4.69) is 36.4 Å². The molecule has 7 heteroatoms. The van der Waals surface area contributed by atoms with Gasteiger partial charge in [0.1, 0.15) is 0 Å². The molecule has 0 saturated heterocycles. The van der Waals surface area contributed by atoms with Crippen LogP contribution in [0.3, 0.4) is 0 Å². The van der Waals surface area contributed by atoms with E-state index in [4.69, 9.17) is 12.4 Å². The molecule has 16 heavy (non-hydrogen) atoms. The third kappa shape index (κ3) is 9.49. The van der Waals surface area contributed by atoms with E-state index >= 15 is 0 Å².